The lowest BCUT2D eigenvalue weighted by Crippen LogP contribution is -1.86. The predicted molar refractivity (Wildman–Crippen MR) is 81.7 cm³/mol. The molecule has 2 rings (SSSR count). The molecule has 0 N–H and O–H groups in total. The minimum atomic E-state index is 0.947. The third kappa shape index (κ3) is 3.64. The Morgan fingerprint density at radius 3 is 2.47 bits per heavy atom. The van der Waals surface area contributed by atoms with Crippen LogP contribution in [0.25, 0.3) is 0 Å². The molecule has 0 aromatic heterocycles. The third-order valence-corrected chi connectivity index (χ3v) is 4.22. The van der Waals surface area contributed by atoms with Gasteiger partial charge in [-0.25, -0.2) is 0 Å². The van der Waals surface area contributed by atoms with Crippen molar-refractivity contribution in [1.82, 2.24) is 0 Å². The van der Waals surface area contributed by atoms with E-state index >= 15 is 0 Å². The standard InChI is InChI=1S/C14H13IOS/c1-16-13-4-2-3-5-14(13)17-10-11-6-8-12(15)9-7-11/h2-9H,10H2,1H3. The Bertz CT molecular complexity index is 482. The number of rotatable bonds is 4. The molecule has 0 spiro atoms. The summed E-state index contributed by atoms with van der Waals surface area (Å²) in [4.78, 5) is 1.19. The third-order valence-electron chi connectivity index (χ3n) is 2.38. The molecule has 88 valence electrons. The summed E-state index contributed by atoms with van der Waals surface area (Å²) in [5, 5.41) is 0. The maximum atomic E-state index is 5.33. The van der Waals surface area contributed by atoms with Gasteiger partial charge in [-0.15, -0.1) is 11.8 Å². The Morgan fingerprint density at radius 2 is 1.76 bits per heavy atom. The van der Waals surface area contributed by atoms with Crippen molar-refractivity contribution in [2.45, 2.75) is 10.6 Å². The molecule has 0 radical (unpaired) electrons. The van der Waals surface area contributed by atoms with Crippen molar-refractivity contribution >= 4 is 34.4 Å². The lowest BCUT2D eigenvalue weighted by molar-refractivity contribution is 0.405. The lowest BCUT2D eigenvalue weighted by Gasteiger charge is -2.07. The zero-order chi connectivity index (χ0) is 12.1. The summed E-state index contributed by atoms with van der Waals surface area (Å²) in [7, 11) is 1.71. The van der Waals surface area contributed by atoms with Crippen LogP contribution in [0.15, 0.2) is 53.4 Å². The molecule has 0 aliphatic carbocycles. The predicted octanol–water partition coefficient (Wildman–Crippen LogP) is 4.59. The van der Waals surface area contributed by atoms with E-state index in [9.17, 15) is 0 Å². The van der Waals surface area contributed by atoms with Gasteiger partial charge in [0.2, 0.25) is 0 Å². The van der Waals surface area contributed by atoms with Crippen LogP contribution in [0.1, 0.15) is 5.56 Å². The van der Waals surface area contributed by atoms with E-state index in [1.54, 1.807) is 18.9 Å². The van der Waals surface area contributed by atoms with Crippen molar-refractivity contribution in [3.05, 3.63) is 57.7 Å². The topological polar surface area (TPSA) is 9.23 Å². The van der Waals surface area contributed by atoms with Gasteiger partial charge in [-0.05, 0) is 52.4 Å². The molecule has 1 nitrogen and oxygen atoms in total. The molecule has 17 heavy (non-hydrogen) atoms. The molecule has 2 aromatic carbocycles. The van der Waals surface area contributed by atoms with Gasteiger partial charge in [0.15, 0.2) is 0 Å². The Labute approximate surface area is 120 Å². The number of hydrogen-bond acceptors (Lipinski definition) is 2. The van der Waals surface area contributed by atoms with Crippen molar-refractivity contribution in [2.24, 2.45) is 0 Å². The zero-order valence-corrected chi connectivity index (χ0v) is 12.5. The van der Waals surface area contributed by atoms with Crippen molar-refractivity contribution in [2.75, 3.05) is 7.11 Å². The van der Waals surface area contributed by atoms with Crippen LogP contribution in [0.5, 0.6) is 5.75 Å². The van der Waals surface area contributed by atoms with E-state index in [1.165, 1.54) is 14.0 Å². The van der Waals surface area contributed by atoms with Gasteiger partial charge in [0.25, 0.3) is 0 Å². The van der Waals surface area contributed by atoms with Gasteiger partial charge in [-0.3, -0.25) is 0 Å². The van der Waals surface area contributed by atoms with Crippen molar-refractivity contribution < 1.29 is 4.74 Å². The first-order valence-electron chi connectivity index (χ1n) is 5.30. The Morgan fingerprint density at radius 1 is 1.06 bits per heavy atom. The van der Waals surface area contributed by atoms with E-state index in [4.69, 9.17) is 4.74 Å². The number of halogens is 1. The number of hydrogen-bond donors (Lipinski definition) is 0. The minimum absolute atomic E-state index is 0.947. The Kier molecular flexibility index (Phi) is 4.74. The SMILES string of the molecule is COc1ccccc1SCc1ccc(I)cc1. The second-order valence-corrected chi connectivity index (χ2v) is 5.83. The summed E-state index contributed by atoms with van der Waals surface area (Å²) >= 11 is 4.12. The highest BCUT2D eigenvalue weighted by molar-refractivity contribution is 14.1. The second-order valence-electron chi connectivity index (χ2n) is 3.57. The summed E-state index contributed by atoms with van der Waals surface area (Å²) < 4.78 is 6.60. The molecule has 0 atom stereocenters. The summed E-state index contributed by atoms with van der Waals surface area (Å²) in [5.41, 5.74) is 1.33. The summed E-state index contributed by atoms with van der Waals surface area (Å²) in [5.74, 6) is 1.92. The van der Waals surface area contributed by atoms with Crippen LogP contribution in [-0.4, -0.2) is 7.11 Å². The zero-order valence-electron chi connectivity index (χ0n) is 9.52. The molecule has 0 bridgehead atoms. The molecule has 0 unspecified atom stereocenters. The summed E-state index contributed by atoms with van der Waals surface area (Å²) in [6, 6.07) is 16.7. The van der Waals surface area contributed by atoms with Gasteiger partial charge < -0.3 is 4.74 Å². The van der Waals surface area contributed by atoms with E-state index in [0.29, 0.717) is 0 Å². The van der Waals surface area contributed by atoms with Crippen LogP contribution in [0.3, 0.4) is 0 Å². The highest BCUT2D eigenvalue weighted by atomic mass is 127. The van der Waals surface area contributed by atoms with Gasteiger partial charge in [0, 0.05) is 14.2 Å². The van der Waals surface area contributed by atoms with E-state index in [2.05, 4.69) is 52.9 Å². The molecule has 0 heterocycles. The molecule has 2 aromatic rings. The van der Waals surface area contributed by atoms with Crippen molar-refractivity contribution in [1.29, 1.82) is 0 Å². The number of benzene rings is 2. The smallest absolute Gasteiger partial charge is 0.132 e. The quantitative estimate of drug-likeness (QED) is 0.585. The molecule has 3 heteroatoms. The van der Waals surface area contributed by atoms with E-state index in [0.717, 1.165) is 11.5 Å². The van der Waals surface area contributed by atoms with Crippen molar-refractivity contribution in [3.63, 3.8) is 0 Å². The van der Waals surface area contributed by atoms with Crippen LogP contribution in [0.4, 0.5) is 0 Å². The molecule has 0 saturated carbocycles. The van der Waals surface area contributed by atoms with Gasteiger partial charge in [0.05, 0.1) is 7.11 Å². The van der Waals surface area contributed by atoms with E-state index < -0.39 is 0 Å². The van der Waals surface area contributed by atoms with Crippen LogP contribution >= 0.6 is 34.4 Å². The Balaban J connectivity index is 2.04. The number of ether oxygens (including phenoxy) is 1. The second kappa shape index (κ2) is 6.31. The fourth-order valence-electron chi connectivity index (χ4n) is 1.48. The Hall–Kier alpha value is -0.680. The summed E-state index contributed by atoms with van der Waals surface area (Å²) in [6.07, 6.45) is 0. The van der Waals surface area contributed by atoms with Crippen LogP contribution < -0.4 is 4.74 Å². The lowest BCUT2D eigenvalue weighted by atomic mass is 10.2. The fraction of sp³-hybridized carbons (Fsp3) is 0.143. The molecule has 0 fully saturated rings. The van der Waals surface area contributed by atoms with Crippen LogP contribution in [0, 0.1) is 3.57 Å². The molecule has 0 aliphatic heterocycles. The van der Waals surface area contributed by atoms with Gasteiger partial charge in [-0.2, -0.15) is 0 Å². The maximum absolute atomic E-state index is 5.33. The monoisotopic (exact) mass is 356 g/mol. The van der Waals surface area contributed by atoms with Crippen LogP contribution in [0.2, 0.25) is 0 Å². The largest absolute Gasteiger partial charge is 0.496 e. The normalized spacial score (nSPS) is 10.2. The molecular formula is C14H13IOS. The first-order chi connectivity index (χ1) is 8.29. The molecule has 0 aliphatic rings. The highest BCUT2D eigenvalue weighted by Crippen LogP contribution is 2.31. The average Bonchev–Trinajstić information content (AvgIpc) is 2.38. The van der Waals surface area contributed by atoms with E-state index in [1.807, 2.05) is 18.2 Å². The average molecular weight is 356 g/mol. The first-order valence-corrected chi connectivity index (χ1v) is 7.36. The first kappa shape index (κ1) is 12.8. The van der Waals surface area contributed by atoms with Gasteiger partial charge in [0.1, 0.15) is 5.75 Å². The maximum Gasteiger partial charge on any atom is 0.132 e. The number of para-hydroxylation sites is 1. The fourth-order valence-corrected chi connectivity index (χ4v) is 2.82. The molecular weight excluding hydrogens is 343 g/mol. The van der Waals surface area contributed by atoms with E-state index in [-0.39, 0.29) is 0 Å². The van der Waals surface area contributed by atoms with Gasteiger partial charge in [-0.1, -0.05) is 24.3 Å². The molecule has 0 amide bonds. The minimum Gasteiger partial charge on any atom is -0.496 e. The van der Waals surface area contributed by atoms with Gasteiger partial charge >= 0.3 is 0 Å². The van der Waals surface area contributed by atoms with Crippen molar-refractivity contribution in [3.8, 4) is 5.75 Å². The summed E-state index contributed by atoms with van der Waals surface area (Å²) in [6.45, 7) is 0. The molecule has 0 saturated heterocycles. The number of thioether (sulfide) groups is 1. The number of methoxy groups -OCH3 is 1. The highest BCUT2D eigenvalue weighted by Gasteiger charge is 2.02. The van der Waals surface area contributed by atoms with Crippen LogP contribution in [-0.2, 0) is 5.75 Å².